The van der Waals surface area contributed by atoms with Gasteiger partial charge >= 0.3 is 0 Å². The Labute approximate surface area is 92.5 Å². The summed E-state index contributed by atoms with van der Waals surface area (Å²) in [5.41, 5.74) is 0. The van der Waals surface area contributed by atoms with Gasteiger partial charge in [0, 0.05) is 18.5 Å². The molecular formula is C9H16BrNO3. The third-order valence-electron chi connectivity index (χ3n) is 2.07. The third-order valence-corrected chi connectivity index (χ3v) is 2.39. The smallest absolute Gasteiger partial charge is 0.225 e. The number of amides is 1. The van der Waals surface area contributed by atoms with Gasteiger partial charge < -0.3 is 14.8 Å². The lowest BCUT2D eigenvalue weighted by Gasteiger charge is -2.08. The molecule has 0 aromatic heterocycles. The number of halogens is 1. The molecule has 1 amide bonds. The second kappa shape index (κ2) is 7.20. The highest BCUT2D eigenvalue weighted by Crippen LogP contribution is 2.11. The van der Waals surface area contributed by atoms with Crippen molar-refractivity contribution in [1.82, 2.24) is 5.32 Å². The predicted molar refractivity (Wildman–Crippen MR) is 56.5 cm³/mol. The van der Waals surface area contributed by atoms with Crippen molar-refractivity contribution in [2.24, 2.45) is 5.92 Å². The first-order valence-corrected chi connectivity index (χ1v) is 5.96. The largest absolute Gasteiger partial charge is 0.381 e. The molecule has 1 N–H and O–H groups in total. The average Bonchev–Trinajstić information content (AvgIpc) is 2.70. The zero-order valence-electron chi connectivity index (χ0n) is 8.13. The molecule has 0 aromatic carbocycles. The van der Waals surface area contributed by atoms with Crippen molar-refractivity contribution in [3.8, 4) is 0 Å². The quantitative estimate of drug-likeness (QED) is 0.564. The molecule has 82 valence electrons. The number of hydrogen-bond acceptors (Lipinski definition) is 3. The van der Waals surface area contributed by atoms with E-state index in [1.165, 1.54) is 0 Å². The summed E-state index contributed by atoms with van der Waals surface area (Å²) < 4.78 is 10.3. The van der Waals surface area contributed by atoms with Crippen molar-refractivity contribution in [3.05, 3.63) is 0 Å². The molecule has 1 saturated heterocycles. The monoisotopic (exact) mass is 265 g/mol. The Morgan fingerprint density at radius 2 is 2.43 bits per heavy atom. The van der Waals surface area contributed by atoms with Gasteiger partial charge in [-0.2, -0.15) is 0 Å². The minimum Gasteiger partial charge on any atom is -0.381 e. The Hall–Kier alpha value is -0.130. The number of alkyl halides is 1. The fourth-order valence-electron chi connectivity index (χ4n) is 1.29. The van der Waals surface area contributed by atoms with Gasteiger partial charge in [0.2, 0.25) is 5.91 Å². The maximum Gasteiger partial charge on any atom is 0.225 e. The van der Waals surface area contributed by atoms with Gasteiger partial charge in [-0.05, 0) is 6.42 Å². The van der Waals surface area contributed by atoms with E-state index in [-0.39, 0.29) is 11.8 Å². The van der Waals surface area contributed by atoms with Gasteiger partial charge in [-0.25, -0.2) is 0 Å². The molecule has 1 aliphatic rings. The number of ether oxygens (including phenoxy) is 2. The van der Waals surface area contributed by atoms with E-state index in [9.17, 15) is 4.79 Å². The molecule has 0 aromatic rings. The molecule has 4 nitrogen and oxygen atoms in total. The van der Waals surface area contributed by atoms with Crippen LogP contribution in [0.15, 0.2) is 0 Å². The minimum atomic E-state index is 0.0474. The summed E-state index contributed by atoms with van der Waals surface area (Å²) in [6.07, 6.45) is 0.841. The average molecular weight is 266 g/mol. The van der Waals surface area contributed by atoms with Crippen LogP contribution >= 0.6 is 15.9 Å². The summed E-state index contributed by atoms with van der Waals surface area (Å²) in [6, 6.07) is 0. The molecule has 0 radical (unpaired) electrons. The van der Waals surface area contributed by atoms with Crippen LogP contribution in [0.4, 0.5) is 0 Å². The number of rotatable bonds is 6. The van der Waals surface area contributed by atoms with Gasteiger partial charge in [-0.15, -0.1) is 0 Å². The van der Waals surface area contributed by atoms with Gasteiger partial charge in [0.25, 0.3) is 0 Å². The first-order valence-electron chi connectivity index (χ1n) is 4.83. The standard InChI is InChI=1S/C9H16BrNO3/c10-2-5-13-6-3-11-9(12)8-1-4-14-7-8/h8H,1-7H2,(H,11,12). The lowest BCUT2D eigenvalue weighted by molar-refractivity contribution is -0.125. The highest BCUT2D eigenvalue weighted by molar-refractivity contribution is 9.09. The van der Waals surface area contributed by atoms with E-state index in [1.807, 2.05) is 0 Å². The summed E-state index contributed by atoms with van der Waals surface area (Å²) in [7, 11) is 0. The molecular weight excluding hydrogens is 250 g/mol. The van der Waals surface area contributed by atoms with Crippen LogP contribution < -0.4 is 5.32 Å². The van der Waals surface area contributed by atoms with E-state index >= 15 is 0 Å². The molecule has 1 fully saturated rings. The molecule has 0 saturated carbocycles. The van der Waals surface area contributed by atoms with Crippen LogP contribution in [0, 0.1) is 5.92 Å². The van der Waals surface area contributed by atoms with E-state index in [4.69, 9.17) is 9.47 Å². The summed E-state index contributed by atoms with van der Waals surface area (Å²) >= 11 is 3.26. The molecule has 0 bridgehead atoms. The summed E-state index contributed by atoms with van der Waals surface area (Å²) in [5, 5.41) is 3.66. The van der Waals surface area contributed by atoms with E-state index < -0.39 is 0 Å². The van der Waals surface area contributed by atoms with Gasteiger partial charge in [-0.3, -0.25) is 4.79 Å². The number of hydrogen-bond donors (Lipinski definition) is 1. The number of carbonyl (C=O) groups excluding carboxylic acids is 1. The lowest BCUT2D eigenvalue weighted by Crippen LogP contribution is -2.33. The van der Waals surface area contributed by atoms with Crippen molar-refractivity contribution in [2.45, 2.75) is 6.42 Å². The molecule has 0 aliphatic carbocycles. The van der Waals surface area contributed by atoms with Crippen molar-refractivity contribution < 1.29 is 14.3 Å². The summed E-state index contributed by atoms with van der Waals surface area (Å²) in [5.74, 6) is 0.135. The van der Waals surface area contributed by atoms with Crippen molar-refractivity contribution >= 4 is 21.8 Å². The molecule has 1 atom stereocenters. The highest BCUT2D eigenvalue weighted by atomic mass is 79.9. The zero-order valence-corrected chi connectivity index (χ0v) is 9.72. The first-order chi connectivity index (χ1) is 6.84. The van der Waals surface area contributed by atoms with Crippen LogP contribution in [-0.4, -0.2) is 44.2 Å². The molecule has 1 heterocycles. The second-order valence-corrected chi connectivity index (χ2v) is 3.95. The van der Waals surface area contributed by atoms with Gasteiger partial charge in [0.15, 0.2) is 0 Å². The predicted octanol–water partition coefficient (Wildman–Crippen LogP) is 0.551. The first kappa shape index (κ1) is 11.9. The van der Waals surface area contributed by atoms with Crippen LogP contribution in [0.2, 0.25) is 0 Å². The Kier molecular flexibility index (Phi) is 6.14. The number of nitrogens with one attached hydrogen (secondary N) is 1. The maximum atomic E-state index is 11.4. The molecule has 14 heavy (non-hydrogen) atoms. The van der Waals surface area contributed by atoms with Gasteiger partial charge in [-0.1, -0.05) is 15.9 Å². The third kappa shape index (κ3) is 4.39. The van der Waals surface area contributed by atoms with Crippen LogP contribution in [-0.2, 0) is 14.3 Å². The molecule has 1 aliphatic heterocycles. The fourth-order valence-corrected chi connectivity index (χ4v) is 1.52. The van der Waals surface area contributed by atoms with Crippen LogP contribution in [0.5, 0.6) is 0 Å². The Balaban J connectivity index is 1.97. The van der Waals surface area contributed by atoms with Crippen LogP contribution in [0.25, 0.3) is 0 Å². The van der Waals surface area contributed by atoms with Crippen molar-refractivity contribution in [1.29, 1.82) is 0 Å². The van der Waals surface area contributed by atoms with E-state index in [1.54, 1.807) is 0 Å². The van der Waals surface area contributed by atoms with Crippen LogP contribution in [0.1, 0.15) is 6.42 Å². The SMILES string of the molecule is O=C(NCCOCCBr)C1CCOC1. The van der Waals surface area contributed by atoms with Crippen molar-refractivity contribution in [3.63, 3.8) is 0 Å². The van der Waals surface area contributed by atoms with E-state index in [0.717, 1.165) is 11.8 Å². The second-order valence-electron chi connectivity index (χ2n) is 3.15. The zero-order chi connectivity index (χ0) is 10.2. The van der Waals surface area contributed by atoms with Crippen molar-refractivity contribution in [2.75, 3.05) is 38.3 Å². The molecule has 5 heteroatoms. The Morgan fingerprint density at radius 3 is 3.07 bits per heavy atom. The summed E-state index contributed by atoms with van der Waals surface area (Å²) in [4.78, 5) is 11.4. The fraction of sp³-hybridized carbons (Fsp3) is 0.889. The molecule has 0 spiro atoms. The summed E-state index contributed by atoms with van der Waals surface area (Å²) in [6.45, 7) is 3.11. The minimum absolute atomic E-state index is 0.0474. The lowest BCUT2D eigenvalue weighted by atomic mass is 10.1. The van der Waals surface area contributed by atoms with Gasteiger partial charge in [0.05, 0.1) is 25.7 Å². The topological polar surface area (TPSA) is 47.6 Å². The van der Waals surface area contributed by atoms with E-state index in [2.05, 4.69) is 21.2 Å². The van der Waals surface area contributed by atoms with E-state index in [0.29, 0.717) is 33.0 Å². The normalized spacial score (nSPS) is 21.1. The molecule has 1 unspecified atom stereocenters. The molecule has 1 rings (SSSR count). The Morgan fingerprint density at radius 1 is 1.57 bits per heavy atom. The van der Waals surface area contributed by atoms with Crippen LogP contribution in [0.3, 0.4) is 0 Å². The number of carbonyl (C=O) groups is 1. The highest BCUT2D eigenvalue weighted by Gasteiger charge is 2.22. The van der Waals surface area contributed by atoms with Gasteiger partial charge in [0.1, 0.15) is 0 Å². The Bertz CT molecular complexity index is 171. The maximum absolute atomic E-state index is 11.4.